The van der Waals surface area contributed by atoms with E-state index >= 15 is 0 Å². The monoisotopic (exact) mass is 390 g/mol. The van der Waals surface area contributed by atoms with Gasteiger partial charge >= 0.3 is 0 Å². The zero-order chi connectivity index (χ0) is 18.3. The van der Waals surface area contributed by atoms with Gasteiger partial charge in [-0.25, -0.2) is 4.99 Å². The molecule has 0 unspecified atom stereocenters. The van der Waals surface area contributed by atoms with E-state index in [4.69, 9.17) is 4.74 Å². The third-order valence-electron chi connectivity index (χ3n) is 2.86. The topological polar surface area (TPSA) is 101 Å². The van der Waals surface area contributed by atoms with Crippen molar-refractivity contribution in [3.05, 3.63) is 33.6 Å². The van der Waals surface area contributed by atoms with Gasteiger partial charge in [-0.05, 0) is 39.0 Å². The molecule has 0 saturated heterocycles. The first kappa shape index (κ1) is 19.5. The van der Waals surface area contributed by atoms with Crippen LogP contribution in [0.3, 0.4) is 0 Å². The van der Waals surface area contributed by atoms with Crippen molar-refractivity contribution < 1.29 is 9.84 Å². The van der Waals surface area contributed by atoms with Crippen LogP contribution in [0.1, 0.15) is 26.3 Å². The Kier molecular flexibility index (Phi) is 6.82. The van der Waals surface area contributed by atoms with Gasteiger partial charge in [-0.15, -0.1) is 0 Å². The molecule has 1 rings (SSSR count). The molecule has 0 radical (unpaired) electrons. The summed E-state index contributed by atoms with van der Waals surface area (Å²) < 4.78 is 5.50. The summed E-state index contributed by atoms with van der Waals surface area (Å²) in [6, 6.07) is 7.09. The van der Waals surface area contributed by atoms with E-state index in [0.29, 0.717) is 16.6 Å². The van der Waals surface area contributed by atoms with E-state index in [1.165, 1.54) is 13.3 Å². The first-order valence-corrected chi connectivity index (χ1v) is 7.90. The molecule has 0 aliphatic heterocycles. The van der Waals surface area contributed by atoms with E-state index in [-0.39, 0.29) is 28.3 Å². The highest BCUT2D eigenvalue weighted by molar-refractivity contribution is 9.10. The largest absolute Gasteiger partial charge is 0.503 e. The van der Waals surface area contributed by atoms with Crippen LogP contribution in [-0.2, 0) is 0 Å². The maximum atomic E-state index is 9.79. The molecular formula is C17H19BrN4O2. The molecular weight excluding hydrogens is 372 g/mol. The minimum atomic E-state index is -0.0401. The zero-order valence-corrected chi connectivity index (χ0v) is 15.6. The van der Waals surface area contributed by atoms with E-state index in [1.54, 1.807) is 12.1 Å². The van der Waals surface area contributed by atoms with Crippen molar-refractivity contribution in [2.75, 3.05) is 13.7 Å². The van der Waals surface area contributed by atoms with Gasteiger partial charge in [-0.2, -0.15) is 10.5 Å². The number of hydrogen-bond acceptors (Lipinski definition) is 6. The maximum Gasteiger partial charge on any atom is 0.174 e. The molecule has 0 spiro atoms. The molecule has 0 saturated carbocycles. The van der Waals surface area contributed by atoms with Crippen LogP contribution in [0.15, 0.2) is 33.0 Å². The Morgan fingerprint density at radius 1 is 1.38 bits per heavy atom. The Morgan fingerprint density at radius 3 is 2.54 bits per heavy atom. The Morgan fingerprint density at radius 2 is 2.04 bits per heavy atom. The summed E-state index contributed by atoms with van der Waals surface area (Å²) in [4.78, 5) is 4.08. The average Bonchev–Trinajstić information content (AvgIpc) is 2.52. The molecule has 6 nitrogen and oxygen atoms in total. The van der Waals surface area contributed by atoms with Crippen molar-refractivity contribution in [2.45, 2.75) is 20.8 Å². The average molecular weight is 391 g/mol. The predicted molar refractivity (Wildman–Crippen MR) is 95.7 cm³/mol. The van der Waals surface area contributed by atoms with Gasteiger partial charge in [0.15, 0.2) is 22.9 Å². The molecule has 0 atom stereocenters. The van der Waals surface area contributed by atoms with Gasteiger partial charge in [0.25, 0.3) is 0 Å². The Labute approximate surface area is 150 Å². The third-order valence-corrected chi connectivity index (χ3v) is 3.47. The Balaban J connectivity index is 3.13. The van der Waals surface area contributed by atoms with Crippen LogP contribution in [0.5, 0.6) is 11.5 Å². The quantitative estimate of drug-likeness (QED) is 0.591. The molecule has 0 bridgehead atoms. The molecule has 1 aromatic carbocycles. The lowest BCUT2D eigenvalue weighted by Gasteiger charge is -2.18. The SMILES string of the molecule is COc1cc(C=NC(C#N)=C(C#N)NCC(C)(C)C)cc(Br)c1O. The van der Waals surface area contributed by atoms with Crippen molar-refractivity contribution in [2.24, 2.45) is 10.4 Å². The first-order chi connectivity index (χ1) is 11.2. The summed E-state index contributed by atoms with van der Waals surface area (Å²) in [5.74, 6) is 0.259. The number of aliphatic imine (C=N–C) groups is 1. The molecule has 7 heteroatoms. The van der Waals surface area contributed by atoms with Crippen LogP contribution in [0.25, 0.3) is 0 Å². The third kappa shape index (κ3) is 5.60. The van der Waals surface area contributed by atoms with Crippen molar-refractivity contribution in [3.8, 4) is 23.6 Å². The normalized spacial score (nSPS) is 12.3. The van der Waals surface area contributed by atoms with Crippen LogP contribution in [-0.4, -0.2) is 25.0 Å². The second-order valence-electron chi connectivity index (χ2n) is 6.17. The molecule has 0 aliphatic rings. The highest BCUT2D eigenvalue weighted by atomic mass is 79.9. The number of methoxy groups -OCH3 is 1. The lowest BCUT2D eigenvalue weighted by atomic mass is 9.97. The molecule has 2 N–H and O–H groups in total. The molecule has 0 aliphatic carbocycles. The Bertz CT molecular complexity index is 750. The molecule has 24 heavy (non-hydrogen) atoms. The minimum Gasteiger partial charge on any atom is -0.503 e. The Hall–Kier alpha value is -2.51. The highest BCUT2D eigenvalue weighted by Crippen LogP contribution is 2.34. The summed E-state index contributed by atoms with van der Waals surface area (Å²) in [7, 11) is 1.44. The fraction of sp³-hybridized carbons (Fsp3) is 0.353. The van der Waals surface area contributed by atoms with Gasteiger partial charge in [0, 0.05) is 12.8 Å². The van der Waals surface area contributed by atoms with Crippen LogP contribution >= 0.6 is 15.9 Å². The highest BCUT2D eigenvalue weighted by Gasteiger charge is 2.13. The minimum absolute atomic E-state index is 0.00934. The second-order valence-corrected chi connectivity index (χ2v) is 7.03. The lowest BCUT2D eigenvalue weighted by Crippen LogP contribution is -2.26. The number of nitrogens with zero attached hydrogens (tertiary/aromatic N) is 3. The molecule has 126 valence electrons. The molecule has 1 aromatic rings. The van der Waals surface area contributed by atoms with Crippen molar-refractivity contribution >= 4 is 22.1 Å². The van der Waals surface area contributed by atoms with Gasteiger partial charge < -0.3 is 15.2 Å². The maximum absolute atomic E-state index is 9.79. The standard InChI is InChI=1S/C17H19BrN4O2/c1-17(2,3)10-22-14(8-20)13(7-19)21-9-11-5-12(18)16(23)15(6-11)24-4/h5-6,9,22-23H,10H2,1-4H3. The summed E-state index contributed by atoms with van der Waals surface area (Å²) in [5, 5.41) is 31.2. The van der Waals surface area contributed by atoms with Crippen molar-refractivity contribution in [3.63, 3.8) is 0 Å². The number of rotatable bonds is 5. The van der Waals surface area contributed by atoms with Crippen LogP contribution < -0.4 is 10.1 Å². The fourth-order valence-corrected chi connectivity index (χ4v) is 2.10. The predicted octanol–water partition coefficient (Wildman–Crippen LogP) is 3.48. The smallest absolute Gasteiger partial charge is 0.174 e. The van der Waals surface area contributed by atoms with Gasteiger partial charge in [-0.1, -0.05) is 20.8 Å². The summed E-state index contributed by atoms with van der Waals surface area (Å²) in [6.45, 7) is 6.59. The zero-order valence-electron chi connectivity index (χ0n) is 14.0. The number of nitriles is 2. The van der Waals surface area contributed by atoms with Crippen molar-refractivity contribution in [1.29, 1.82) is 10.5 Å². The number of phenols is 1. The summed E-state index contributed by atoms with van der Waals surface area (Å²) >= 11 is 3.22. The van der Waals surface area contributed by atoms with E-state index in [0.717, 1.165) is 0 Å². The van der Waals surface area contributed by atoms with E-state index in [1.807, 2.05) is 32.9 Å². The fourth-order valence-electron chi connectivity index (χ4n) is 1.64. The van der Waals surface area contributed by atoms with E-state index in [2.05, 4.69) is 26.2 Å². The number of aromatic hydroxyl groups is 1. The van der Waals surface area contributed by atoms with Gasteiger partial charge in [-0.3, -0.25) is 0 Å². The van der Waals surface area contributed by atoms with Gasteiger partial charge in [0.1, 0.15) is 12.1 Å². The molecule has 0 aromatic heterocycles. The van der Waals surface area contributed by atoms with Gasteiger partial charge in [0.05, 0.1) is 11.6 Å². The van der Waals surface area contributed by atoms with Gasteiger partial charge in [0.2, 0.25) is 0 Å². The number of phenolic OH excluding ortho intramolecular Hbond substituents is 1. The van der Waals surface area contributed by atoms with Crippen molar-refractivity contribution in [1.82, 2.24) is 5.32 Å². The summed E-state index contributed by atoms with van der Waals surface area (Å²) in [5.41, 5.74) is 0.678. The number of hydrogen-bond donors (Lipinski definition) is 2. The first-order valence-electron chi connectivity index (χ1n) is 7.10. The number of halogens is 1. The number of benzene rings is 1. The second kappa shape index (κ2) is 8.37. The number of allylic oxidation sites excluding steroid dienone is 2. The molecule has 0 heterocycles. The van der Waals surface area contributed by atoms with Crippen LogP contribution in [0.2, 0.25) is 0 Å². The van der Waals surface area contributed by atoms with Crippen LogP contribution in [0.4, 0.5) is 0 Å². The van der Waals surface area contributed by atoms with E-state index < -0.39 is 0 Å². The number of nitrogens with one attached hydrogen (secondary N) is 1. The van der Waals surface area contributed by atoms with Crippen LogP contribution in [0, 0.1) is 28.1 Å². The molecule has 0 fully saturated rings. The lowest BCUT2D eigenvalue weighted by molar-refractivity contribution is 0.372. The molecule has 0 amide bonds. The summed E-state index contributed by atoms with van der Waals surface area (Å²) in [6.07, 6.45) is 1.43. The number of ether oxygens (including phenoxy) is 1. The van der Waals surface area contributed by atoms with E-state index in [9.17, 15) is 15.6 Å².